The van der Waals surface area contributed by atoms with Gasteiger partial charge in [-0.2, -0.15) is 26.3 Å². The van der Waals surface area contributed by atoms with E-state index in [1.54, 1.807) is 0 Å². The molecular weight excluding hydrogens is 324 g/mol. The van der Waals surface area contributed by atoms with E-state index in [1.807, 2.05) is 0 Å². The van der Waals surface area contributed by atoms with Gasteiger partial charge in [-0.25, -0.2) is 0 Å². The molecule has 2 nitrogen and oxygen atoms in total. The van der Waals surface area contributed by atoms with Crippen LogP contribution in [0.3, 0.4) is 0 Å². The van der Waals surface area contributed by atoms with Crippen LogP contribution in [0.15, 0.2) is 18.2 Å². The van der Waals surface area contributed by atoms with E-state index < -0.39 is 40.4 Å². The Hall–Kier alpha value is -1.44. The number of rotatable bonds is 2. The minimum atomic E-state index is -4.95. The lowest BCUT2D eigenvalue weighted by molar-refractivity contribution is -0.143. The predicted octanol–water partition coefficient (Wildman–Crippen LogP) is 3.91. The summed E-state index contributed by atoms with van der Waals surface area (Å²) in [4.78, 5) is 11.2. The molecule has 0 aliphatic carbocycles. The Morgan fingerprint density at radius 1 is 0.857 bits per heavy atom. The third kappa shape index (κ3) is 4.26. The van der Waals surface area contributed by atoms with Crippen LogP contribution in [0.1, 0.15) is 30.5 Å². The highest BCUT2D eigenvalue weighted by Gasteiger charge is 2.39. The fourth-order valence-electron chi connectivity index (χ4n) is 1.46. The summed E-state index contributed by atoms with van der Waals surface area (Å²) < 4.78 is 75.9. The summed E-state index contributed by atoms with van der Waals surface area (Å²) in [6.07, 6.45) is -9.91. The van der Waals surface area contributed by atoms with E-state index in [0.29, 0.717) is 12.1 Å². The third-order valence-electron chi connectivity index (χ3n) is 2.93. The molecule has 0 spiro atoms. The molecule has 0 saturated heterocycles. The minimum Gasteiger partial charge on any atom is -0.369 e. The Kier molecular flexibility index (Phi) is 5.35. The molecule has 1 aromatic carbocycles. The summed E-state index contributed by atoms with van der Waals surface area (Å²) in [6.45, 7) is 2.32. The van der Waals surface area contributed by atoms with Crippen LogP contribution in [-0.2, 0) is 22.6 Å². The lowest BCUT2D eigenvalue weighted by Gasteiger charge is -2.23. The van der Waals surface area contributed by atoms with E-state index in [9.17, 15) is 31.1 Å². The van der Waals surface area contributed by atoms with Crippen LogP contribution in [0, 0.1) is 0 Å². The average Bonchev–Trinajstić information content (AvgIpc) is 2.25. The van der Waals surface area contributed by atoms with Gasteiger partial charge in [0.05, 0.1) is 16.5 Å². The second-order valence-electron chi connectivity index (χ2n) is 4.78. The van der Waals surface area contributed by atoms with Gasteiger partial charge in [0, 0.05) is 0 Å². The van der Waals surface area contributed by atoms with Gasteiger partial charge in [0.15, 0.2) is 0 Å². The van der Waals surface area contributed by atoms with E-state index >= 15 is 0 Å². The number of hydrogen-bond acceptors (Lipinski definition) is 1. The van der Waals surface area contributed by atoms with E-state index in [1.165, 1.54) is 0 Å². The van der Waals surface area contributed by atoms with Crippen molar-refractivity contribution in [3.05, 3.63) is 34.9 Å². The Bertz CT molecular complexity index is 503. The maximum Gasteiger partial charge on any atom is 0.416 e. The maximum absolute atomic E-state index is 12.6. The Balaban J connectivity index is 0.00000400. The Labute approximate surface area is 122 Å². The number of benzene rings is 1. The number of alkyl halides is 6. The van der Waals surface area contributed by atoms with Gasteiger partial charge in [-0.05, 0) is 37.6 Å². The van der Waals surface area contributed by atoms with Gasteiger partial charge < -0.3 is 5.73 Å². The molecule has 1 aromatic rings. The van der Waals surface area contributed by atoms with Gasteiger partial charge in [-0.3, -0.25) is 4.79 Å². The van der Waals surface area contributed by atoms with Gasteiger partial charge in [-0.15, -0.1) is 12.4 Å². The Morgan fingerprint density at radius 3 is 1.38 bits per heavy atom. The van der Waals surface area contributed by atoms with E-state index in [2.05, 4.69) is 0 Å². The predicted molar refractivity (Wildman–Crippen MR) is 65.9 cm³/mol. The van der Waals surface area contributed by atoms with Crippen molar-refractivity contribution < 1.29 is 31.1 Å². The highest BCUT2D eigenvalue weighted by atomic mass is 35.5. The van der Waals surface area contributed by atoms with Gasteiger partial charge in [0.2, 0.25) is 5.91 Å². The number of primary amides is 1. The summed E-state index contributed by atoms with van der Waals surface area (Å²) in [5.74, 6) is -1.02. The van der Waals surface area contributed by atoms with Gasteiger partial charge in [0.25, 0.3) is 0 Å². The molecule has 1 rings (SSSR count). The second-order valence-corrected chi connectivity index (χ2v) is 4.78. The molecule has 0 aliphatic heterocycles. The molecule has 0 atom stereocenters. The van der Waals surface area contributed by atoms with Crippen molar-refractivity contribution in [1.82, 2.24) is 0 Å². The molecule has 0 fully saturated rings. The molecule has 0 unspecified atom stereocenters. The summed E-state index contributed by atoms with van der Waals surface area (Å²) >= 11 is 0. The first-order valence-electron chi connectivity index (χ1n) is 5.36. The molecule has 0 radical (unpaired) electrons. The van der Waals surface area contributed by atoms with Crippen molar-refractivity contribution in [3.63, 3.8) is 0 Å². The van der Waals surface area contributed by atoms with Gasteiger partial charge >= 0.3 is 12.4 Å². The molecule has 9 heteroatoms. The van der Waals surface area contributed by atoms with Crippen molar-refractivity contribution in [2.45, 2.75) is 31.6 Å². The van der Waals surface area contributed by atoms with Crippen molar-refractivity contribution in [2.24, 2.45) is 5.73 Å². The van der Waals surface area contributed by atoms with Crippen molar-refractivity contribution in [3.8, 4) is 0 Å². The average molecular weight is 336 g/mol. The van der Waals surface area contributed by atoms with Gasteiger partial charge in [0.1, 0.15) is 0 Å². The summed E-state index contributed by atoms with van der Waals surface area (Å²) in [6, 6.07) is 1.00. The zero-order valence-corrected chi connectivity index (χ0v) is 11.7. The summed E-state index contributed by atoms with van der Waals surface area (Å²) in [5.41, 5.74) is -0.0209. The highest BCUT2D eigenvalue weighted by molar-refractivity contribution is 5.86. The first-order valence-corrected chi connectivity index (χ1v) is 5.36. The minimum absolute atomic E-state index is 0. The van der Waals surface area contributed by atoms with E-state index in [4.69, 9.17) is 5.73 Å². The van der Waals surface area contributed by atoms with Gasteiger partial charge in [-0.1, -0.05) is 0 Å². The number of amides is 1. The Morgan fingerprint density at radius 2 is 1.14 bits per heavy atom. The van der Waals surface area contributed by atoms with Crippen LogP contribution >= 0.6 is 12.4 Å². The highest BCUT2D eigenvalue weighted by Crippen LogP contribution is 2.38. The van der Waals surface area contributed by atoms with Crippen molar-refractivity contribution in [2.75, 3.05) is 0 Å². The zero-order chi connectivity index (χ0) is 15.9. The molecule has 0 bridgehead atoms. The molecular formula is C12H12ClF6NO. The first-order chi connectivity index (χ1) is 8.76. The van der Waals surface area contributed by atoms with E-state index in [0.717, 1.165) is 13.8 Å². The fraction of sp³-hybridized carbons (Fsp3) is 0.417. The summed E-state index contributed by atoms with van der Waals surface area (Å²) in [5, 5.41) is 0. The van der Waals surface area contributed by atoms with Crippen molar-refractivity contribution >= 4 is 18.3 Å². The lowest BCUT2D eigenvalue weighted by atomic mass is 9.82. The third-order valence-corrected chi connectivity index (χ3v) is 2.93. The maximum atomic E-state index is 12.6. The number of hydrogen-bond donors (Lipinski definition) is 1. The zero-order valence-electron chi connectivity index (χ0n) is 10.9. The fourth-order valence-corrected chi connectivity index (χ4v) is 1.46. The van der Waals surface area contributed by atoms with Crippen molar-refractivity contribution in [1.29, 1.82) is 0 Å². The molecule has 21 heavy (non-hydrogen) atoms. The molecule has 0 saturated carbocycles. The molecule has 0 aliphatic rings. The second kappa shape index (κ2) is 5.75. The monoisotopic (exact) mass is 335 g/mol. The largest absolute Gasteiger partial charge is 0.416 e. The number of halogens is 7. The van der Waals surface area contributed by atoms with Crippen LogP contribution in [0.2, 0.25) is 0 Å². The van der Waals surface area contributed by atoms with Crippen LogP contribution in [0.4, 0.5) is 26.3 Å². The van der Waals surface area contributed by atoms with E-state index in [-0.39, 0.29) is 18.5 Å². The quantitative estimate of drug-likeness (QED) is 0.818. The number of carbonyl (C=O) groups is 1. The molecule has 1 amide bonds. The van der Waals surface area contributed by atoms with Crippen LogP contribution in [0.25, 0.3) is 0 Å². The standard InChI is InChI=1S/C12H11F6NO.ClH/c1-10(2,9(19)20)6-3-7(11(13,14)15)5-8(4-6)12(16,17)18;/h3-5H,1-2H3,(H2,19,20);1H. The topological polar surface area (TPSA) is 43.1 Å². The molecule has 0 aromatic heterocycles. The van der Waals surface area contributed by atoms with Crippen LogP contribution in [0.5, 0.6) is 0 Å². The smallest absolute Gasteiger partial charge is 0.369 e. The number of carbonyl (C=O) groups excluding carboxylic acids is 1. The normalized spacial score (nSPS) is 12.8. The van der Waals surface area contributed by atoms with Crippen LogP contribution < -0.4 is 5.73 Å². The molecule has 2 N–H and O–H groups in total. The molecule has 0 heterocycles. The number of nitrogens with two attached hydrogens (primary N) is 1. The summed E-state index contributed by atoms with van der Waals surface area (Å²) in [7, 11) is 0. The lowest BCUT2D eigenvalue weighted by Crippen LogP contribution is -2.36. The first kappa shape index (κ1) is 19.6. The van der Waals surface area contributed by atoms with Crippen LogP contribution in [-0.4, -0.2) is 5.91 Å². The molecule has 120 valence electrons. The SMILES string of the molecule is CC(C)(C(N)=O)c1cc(C(F)(F)F)cc(C(F)(F)F)c1.Cl.